The van der Waals surface area contributed by atoms with E-state index in [1.54, 1.807) is 0 Å². The highest BCUT2D eigenvalue weighted by atomic mass is 32.2. The summed E-state index contributed by atoms with van der Waals surface area (Å²) in [6.07, 6.45) is 0.790. The fourth-order valence-electron chi connectivity index (χ4n) is 0.436. The molecule has 0 atom stereocenters. The van der Waals surface area contributed by atoms with E-state index in [9.17, 15) is 26.4 Å². The van der Waals surface area contributed by atoms with Gasteiger partial charge in [-0.1, -0.05) is 6.58 Å². The fraction of sp³-hybridized carbons (Fsp3) is 0.500. The summed E-state index contributed by atoms with van der Waals surface area (Å²) in [6, 6.07) is 0. The summed E-state index contributed by atoms with van der Waals surface area (Å²) in [5.74, 6) is -0.866. The number of alkyl halides is 3. The lowest BCUT2D eigenvalue weighted by Gasteiger charge is -2.20. The second kappa shape index (κ2) is 5.12. The van der Waals surface area contributed by atoms with Crippen LogP contribution in [0.25, 0.3) is 4.72 Å². The molecule has 0 aliphatic rings. The Morgan fingerprint density at radius 2 is 2.00 bits per heavy atom. The number of sulfonamides is 1. The van der Waals surface area contributed by atoms with Crippen molar-refractivity contribution in [3.8, 4) is 0 Å². The fourth-order valence-corrected chi connectivity index (χ4v) is 0.897. The van der Waals surface area contributed by atoms with Crippen molar-refractivity contribution in [1.29, 1.82) is 0 Å². The zero-order chi connectivity index (χ0) is 12.1. The van der Waals surface area contributed by atoms with Gasteiger partial charge in [0, 0.05) is 6.08 Å². The summed E-state index contributed by atoms with van der Waals surface area (Å²) in [4.78, 5) is 10.4. The molecule has 0 bridgehead atoms. The first-order chi connectivity index (χ1) is 6.70. The first kappa shape index (κ1) is 13.9. The molecule has 0 aromatic heterocycles. The molecule has 0 heterocycles. The number of carbonyl (C=O) groups excluding carboxylic acids is 1. The summed E-state index contributed by atoms with van der Waals surface area (Å²) < 4.78 is 62.3. The van der Waals surface area contributed by atoms with Gasteiger partial charge in [-0.25, -0.2) is 13.2 Å². The molecule has 0 spiro atoms. The molecule has 0 saturated carbocycles. The van der Waals surface area contributed by atoms with Gasteiger partial charge >= 0.3 is 11.5 Å². The van der Waals surface area contributed by atoms with E-state index in [0.29, 0.717) is 0 Å². The Hall–Kier alpha value is -1.09. The molecule has 0 radical (unpaired) electrons. The van der Waals surface area contributed by atoms with E-state index in [-0.39, 0.29) is 0 Å². The highest BCUT2D eigenvalue weighted by molar-refractivity contribution is 7.94. The van der Waals surface area contributed by atoms with Crippen molar-refractivity contribution >= 4 is 16.0 Å². The van der Waals surface area contributed by atoms with E-state index in [1.807, 2.05) is 0 Å². The van der Waals surface area contributed by atoms with Crippen LogP contribution in [0, 0.1) is 0 Å². The van der Waals surface area contributed by atoms with Gasteiger partial charge in [0.1, 0.15) is 0 Å². The second-order valence-corrected chi connectivity index (χ2v) is 3.82. The largest absolute Gasteiger partial charge is 0.538 e. The Morgan fingerprint density at radius 3 is 2.40 bits per heavy atom. The SMILES string of the molecule is C=CC(=O)OCC[N-]S(=O)(=O)C(F)(F)F. The first-order valence-corrected chi connectivity index (χ1v) is 4.94. The number of nitrogens with zero attached hydrogens (tertiary/aromatic N) is 1. The molecular formula is C6H7F3NO4S-. The van der Waals surface area contributed by atoms with Gasteiger partial charge in [0.15, 0.2) is 10.0 Å². The molecule has 15 heavy (non-hydrogen) atoms. The first-order valence-electron chi connectivity index (χ1n) is 3.50. The monoisotopic (exact) mass is 246 g/mol. The minimum Gasteiger partial charge on any atom is -0.538 e. The Kier molecular flexibility index (Phi) is 4.75. The number of ether oxygens (including phenoxy) is 1. The number of rotatable bonds is 5. The van der Waals surface area contributed by atoms with Crippen LogP contribution in [0.5, 0.6) is 0 Å². The maximum absolute atomic E-state index is 11.7. The van der Waals surface area contributed by atoms with Gasteiger partial charge in [0.05, 0.1) is 6.61 Å². The van der Waals surface area contributed by atoms with Gasteiger partial charge in [0.25, 0.3) is 0 Å². The molecule has 5 nitrogen and oxygen atoms in total. The third-order valence-corrected chi connectivity index (χ3v) is 2.16. The summed E-state index contributed by atoms with van der Waals surface area (Å²) in [7, 11) is -5.49. The van der Waals surface area contributed by atoms with E-state index in [4.69, 9.17) is 0 Å². The van der Waals surface area contributed by atoms with Crippen LogP contribution in [0.3, 0.4) is 0 Å². The number of halogens is 3. The molecule has 0 aromatic carbocycles. The number of carbonyl (C=O) groups is 1. The second-order valence-electron chi connectivity index (χ2n) is 2.15. The average Bonchev–Trinajstić information content (AvgIpc) is 2.10. The van der Waals surface area contributed by atoms with Crippen LogP contribution in [0.15, 0.2) is 12.7 Å². The lowest BCUT2D eigenvalue weighted by atomic mass is 10.6. The molecule has 9 heteroatoms. The van der Waals surface area contributed by atoms with Crippen LogP contribution in [0.1, 0.15) is 0 Å². The van der Waals surface area contributed by atoms with Gasteiger partial charge < -0.3 is 9.46 Å². The average molecular weight is 246 g/mol. The molecule has 88 valence electrons. The number of esters is 1. The molecule has 0 N–H and O–H groups in total. The van der Waals surface area contributed by atoms with Crippen LogP contribution < -0.4 is 0 Å². The van der Waals surface area contributed by atoms with E-state index in [0.717, 1.165) is 6.08 Å². The maximum atomic E-state index is 11.7. The smallest absolute Gasteiger partial charge is 0.480 e. The Balaban J connectivity index is 3.98. The van der Waals surface area contributed by atoms with Crippen molar-refractivity contribution < 1.29 is 31.1 Å². The van der Waals surface area contributed by atoms with E-state index < -0.39 is 34.7 Å². The quantitative estimate of drug-likeness (QED) is 0.411. The topological polar surface area (TPSA) is 74.5 Å². The summed E-state index contributed by atoms with van der Waals surface area (Å²) in [5, 5.41) is 0. The molecule has 0 aliphatic carbocycles. The molecular weight excluding hydrogens is 239 g/mol. The van der Waals surface area contributed by atoms with Crippen LogP contribution in [0.4, 0.5) is 13.2 Å². The van der Waals surface area contributed by atoms with Crippen molar-refractivity contribution in [1.82, 2.24) is 0 Å². The van der Waals surface area contributed by atoms with Gasteiger partial charge in [-0.15, -0.1) is 6.54 Å². The standard InChI is InChI=1S/C6H7F3NO4S/c1-2-5(11)14-4-3-10-15(12,13)6(7,8)9/h2H,1,3-4H2/q-1. The van der Waals surface area contributed by atoms with Gasteiger partial charge in [0.2, 0.25) is 0 Å². The number of hydrogen-bond acceptors (Lipinski definition) is 4. The minimum absolute atomic E-state index is 0.555. The molecule has 0 saturated heterocycles. The number of hydrogen-bond donors (Lipinski definition) is 0. The van der Waals surface area contributed by atoms with Crippen molar-refractivity contribution in [3.63, 3.8) is 0 Å². The molecule has 0 aliphatic heterocycles. The molecule has 0 fully saturated rings. The highest BCUT2D eigenvalue weighted by Crippen LogP contribution is 2.27. The third kappa shape index (κ3) is 4.79. The zero-order valence-corrected chi connectivity index (χ0v) is 8.14. The molecule has 0 aromatic rings. The van der Waals surface area contributed by atoms with Gasteiger partial charge in [-0.3, -0.25) is 0 Å². The summed E-state index contributed by atoms with van der Waals surface area (Å²) in [5.41, 5.74) is -5.42. The minimum atomic E-state index is -5.49. The lowest BCUT2D eigenvalue weighted by Crippen LogP contribution is -2.23. The highest BCUT2D eigenvalue weighted by Gasteiger charge is 2.38. The van der Waals surface area contributed by atoms with Crippen molar-refractivity contribution in [3.05, 3.63) is 17.4 Å². The van der Waals surface area contributed by atoms with E-state index in [1.165, 1.54) is 0 Å². The maximum Gasteiger partial charge on any atom is 0.480 e. The van der Waals surface area contributed by atoms with Gasteiger partial charge in [-0.05, 0) is 0 Å². The third-order valence-electron chi connectivity index (χ3n) is 1.06. The van der Waals surface area contributed by atoms with Crippen molar-refractivity contribution in [2.75, 3.05) is 13.2 Å². The van der Waals surface area contributed by atoms with E-state index in [2.05, 4.69) is 16.0 Å². The molecule has 0 rings (SSSR count). The lowest BCUT2D eigenvalue weighted by molar-refractivity contribution is -0.137. The van der Waals surface area contributed by atoms with Gasteiger partial charge in [-0.2, -0.15) is 13.2 Å². The summed E-state index contributed by atoms with van der Waals surface area (Å²) in [6.45, 7) is 1.69. The summed E-state index contributed by atoms with van der Waals surface area (Å²) >= 11 is 0. The Labute approximate surface area is 84.0 Å². The normalized spacial score (nSPS) is 12.2. The van der Waals surface area contributed by atoms with Crippen molar-refractivity contribution in [2.24, 2.45) is 0 Å². The zero-order valence-electron chi connectivity index (χ0n) is 7.32. The van der Waals surface area contributed by atoms with Crippen LogP contribution in [0.2, 0.25) is 0 Å². The van der Waals surface area contributed by atoms with Crippen LogP contribution >= 0.6 is 0 Å². The molecule has 0 unspecified atom stereocenters. The Bertz CT molecular complexity index is 335. The predicted octanol–water partition coefficient (Wildman–Crippen LogP) is 0.939. The van der Waals surface area contributed by atoms with Crippen molar-refractivity contribution in [2.45, 2.75) is 5.51 Å². The van der Waals surface area contributed by atoms with Crippen LogP contribution in [-0.4, -0.2) is 33.0 Å². The predicted molar refractivity (Wildman–Crippen MR) is 44.4 cm³/mol. The Morgan fingerprint density at radius 1 is 1.47 bits per heavy atom. The van der Waals surface area contributed by atoms with Crippen LogP contribution in [-0.2, 0) is 19.6 Å². The molecule has 0 amide bonds. The van der Waals surface area contributed by atoms with E-state index >= 15 is 0 Å².